The van der Waals surface area contributed by atoms with Gasteiger partial charge in [-0.2, -0.15) is 0 Å². The van der Waals surface area contributed by atoms with Crippen LogP contribution in [-0.2, 0) is 0 Å². The van der Waals surface area contributed by atoms with Crippen molar-refractivity contribution >= 4 is 40.8 Å². The number of hydrogen-bond donors (Lipinski definition) is 2. The van der Waals surface area contributed by atoms with Crippen molar-refractivity contribution in [3.63, 3.8) is 0 Å². The van der Waals surface area contributed by atoms with Crippen molar-refractivity contribution in [2.45, 2.75) is 26.2 Å². The summed E-state index contributed by atoms with van der Waals surface area (Å²) < 4.78 is 0. The maximum Gasteiger partial charge on any atom is 0.0934 e. The van der Waals surface area contributed by atoms with Gasteiger partial charge in [0.2, 0.25) is 0 Å². The Morgan fingerprint density at radius 1 is 0.700 bits per heavy atom. The first-order chi connectivity index (χ1) is 9.71. The first kappa shape index (κ1) is 14.9. The molecule has 0 atom stereocenters. The molecule has 0 aliphatic heterocycles. The van der Waals surface area contributed by atoms with Gasteiger partial charge in [0, 0.05) is 11.4 Å². The highest BCUT2D eigenvalue weighted by molar-refractivity contribution is 6.52. The molecule has 0 spiro atoms. The van der Waals surface area contributed by atoms with Crippen LogP contribution in [0.25, 0.3) is 0 Å². The van der Waals surface area contributed by atoms with Crippen molar-refractivity contribution in [2.75, 3.05) is 10.6 Å². The molecule has 0 unspecified atom stereocenters. The molecule has 0 amide bonds. The number of hydrogen-bond acceptors (Lipinski definition) is 2. The Balaban J connectivity index is 1.91. The van der Waals surface area contributed by atoms with Crippen molar-refractivity contribution in [3.8, 4) is 0 Å². The predicted molar refractivity (Wildman–Crippen MR) is 97.7 cm³/mol. The van der Waals surface area contributed by atoms with E-state index in [0.717, 1.165) is 0 Å². The largest absolute Gasteiger partial charge is 0.366 e. The summed E-state index contributed by atoms with van der Waals surface area (Å²) in [4.78, 5) is 0. The van der Waals surface area contributed by atoms with E-state index in [4.69, 9.17) is 0 Å². The van der Waals surface area contributed by atoms with Gasteiger partial charge in [0.1, 0.15) is 0 Å². The molecule has 0 saturated carbocycles. The van der Waals surface area contributed by atoms with Gasteiger partial charge in [-0.3, -0.25) is 0 Å². The van der Waals surface area contributed by atoms with E-state index in [9.17, 15) is 0 Å². The molecule has 0 saturated heterocycles. The minimum Gasteiger partial charge on any atom is -0.366 e. The summed E-state index contributed by atoms with van der Waals surface area (Å²) >= 11 is 0. The van der Waals surface area contributed by atoms with Crippen LogP contribution in [0.4, 0.5) is 11.4 Å². The zero-order chi connectivity index (χ0) is 14.4. The quantitative estimate of drug-likeness (QED) is 0.620. The molecule has 20 heavy (non-hydrogen) atoms. The van der Waals surface area contributed by atoms with Gasteiger partial charge in [0.05, 0.1) is 25.2 Å². The normalized spacial score (nSPS) is 13.2. The van der Waals surface area contributed by atoms with Crippen molar-refractivity contribution in [1.29, 1.82) is 0 Å². The average molecular weight is 301 g/mol. The van der Waals surface area contributed by atoms with E-state index in [1.54, 1.807) is 0 Å². The van der Waals surface area contributed by atoms with Gasteiger partial charge in [0.25, 0.3) is 0 Å². The van der Waals surface area contributed by atoms with Crippen LogP contribution in [0.15, 0.2) is 48.5 Å². The van der Waals surface area contributed by atoms with Gasteiger partial charge < -0.3 is 10.6 Å². The summed E-state index contributed by atoms with van der Waals surface area (Å²) in [7, 11) is -0.0904. The summed E-state index contributed by atoms with van der Waals surface area (Å²) in [6, 6.07) is 17.7. The second kappa shape index (κ2) is 7.31. The van der Waals surface area contributed by atoms with Crippen LogP contribution in [0.1, 0.15) is 6.92 Å². The highest BCUT2D eigenvalue weighted by Gasteiger charge is 2.02. The molecule has 0 bridgehead atoms. The zero-order valence-electron chi connectivity index (χ0n) is 12.6. The Morgan fingerprint density at radius 2 is 1.05 bits per heavy atom. The molecule has 2 N–H and O–H groups in total. The fraction of sp³-hybridized carbons (Fsp3) is 0.250. The maximum absolute atomic E-state index is 3.48. The summed E-state index contributed by atoms with van der Waals surface area (Å²) in [5, 5.41) is 9.99. The van der Waals surface area contributed by atoms with E-state index in [1.165, 1.54) is 21.7 Å². The fourth-order valence-corrected chi connectivity index (χ4v) is 3.62. The Labute approximate surface area is 126 Å². The molecule has 0 fully saturated rings. The lowest BCUT2D eigenvalue weighted by Gasteiger charge is -2.18. The lowest BCUT2D eigenvalue weighted by atomic mass is 10.3. The SMILES string of the molecule is C[SiH2]c1ccc(NC(C)Nc2ccc([SiH2]C)cc2)cc1. The van der Waals surface area contributed by atoms with Crippen LogP contribution >= 0.6 is 0 Å². The summed E-state index contributed by atoms with van der Waals surface area (Å²) in [5.74, 6) is 0. The minimum absolute atomic E-state index is 0.0452. The number of benzene rings is 2. The van der Waals surface area contributed by atoms with Crippen LogP contribution in [0, 0.1) is 0 Å². The van der Waals surface area contributed by atoms with E-state index in [1.807, 2.05) is 0 Å². The van der Waals surface area contributed by atoms with Crippen LogP contribution < -0.4 is 21.0 Å². The summed E-state index contributed by atoms with van der Waals surface area (Å²) in [5.41, 5.74) is 2.35. The Hall–Kier alpha value is -1.53. The molecule has 4 heteroatoms. The Kier molecular flexibility index (Phi) is 5.43. The molecule has 2 rings (SSSR count). The van der Waals surface area contributed by atoms with Gasteiger partial charge in [-0.05, 0) is 31.2 Å². The molecular weight excluding hydrogens is 276 g/mol. The van der Waals surface area contributed by atoms with E-state index >= 15 is 0 Å². The van der Waals surface area contributed by atoms with Gasteiger partial charge in [-0.15, -0.1) is 0 Å². The standard InChI is InChI=1S/C16H24N2Si2/c1-12(17-13-4-8-15(19-2)9-5-13)18-14-6-10-16(20-3)11-7-14/h4-12,17-18H,19-20H2,1-3H3. The van der Waals surface area contributed by atoms with E-state index < -0.39 is 0 Å². The molecule has 0 radical (unpaired) electrons. The van der Waals surface area contributed by atoms with Gasteiger partial charge >= 0.3 is 0 Å². The molecule has 0 aliphatic carbocycles. The number of nitrogens with one attached hydrogen (secondary N) is 2. The molecule has 2 aromatic rings. The third kappa shape index (κ3) is 4.25. The first-order valence-electron chi connectivity index (χ1n) is 7.42. The van der Waals surface area contributed by atoms with Crippen molar-refractivity contribution < 1.29 is 0 Å². The van der Waals surface area contributed by atoms with Crippen molar-refractivity contribution in [2.24, 2.45) is 0 Å². The lowest BCUT2D eigenvalue weighted by Crippen LogP contribution is -2.25. The highest BCUT2D eigenvalue weighted by atomic mass is 28.2. The second-order valence-corrected chi connectivity index (χ2v) is 8.16. The van der Waals surface area contributed by atoms with Gasteiger partial charge in [0.15, 0.2) is 0 Å². The lowest BCUT2D eigenvalue weighted by molar-refractivity contribution is 0.917. The molecule has 2 nitrogen and oxygen atoms in total. The van der Waals surface area contributed by atoms with E-state index in [2.05, 4.69) is 79.2 Å². The van der Waals surface area contributed by atoms with Crippen LogP contribution in [0.2, 0.25) is 13.1 Å². The average Bonchev–Trinajstić information content (AvgIpc) is 2.49. The predicted octanol–water partition coefficient (Wildman–Crippen LogP) is 1.24. The molecule has 106 valence electrons. The van der Waals surface area contributed by atoms with E-state index in [-0.39, 0.29) is 25.2 Å². The van der Waals surface area contributed by atoms with Crippen molar-refractivity contribution in [3.05, 3.63) is 48.5 Å². The monoisotopic (exact) mass is 300 g/mol. The number of rotatable bonds is 6. The molecule has 0 heterocycles. The van der Waals surface area contributed by atoms with Gasteiger partial charge in [-0.1, -0.05) is 47.7 Å². The number of anilines is 2. The zero-order valence-corrected chi connectivity index (χ0v) is 15.4. The van der Waals surface area contributed by atoms with Gasteiger partial charge in [-0.25, -0.2) is 0 Å². The third-order valence-electron chi connectivity index (χ3n) is 3.49. The fourth-order valence-electron chi connectivity index (χ4n) is 2.21. The summed E-state index contributed by atoms with van der Waals surface area (Å²) in [6.45, 7) is 6.77. The Bertz CT molecular complexity index is 474. The summed E-state index contributed by atoms with van der Waals surface area (Å²) in [6.07, 6.45) is 0.212. The van der Waals surface area contributed by atoms with Crippen LogP contribution in [0.5, 0.6) is 0 Å². The molecular formula is C16H24N2Si2. The van der Waals surface area contributed by atoms with Crippen LogP contribution in [-0.4, -0.2) is 25.2 Å². The molecule has 2 aromatic carbocycles. The smallest absolute Gasteiger partial charge is 0.0934 e. The topological polar surface area (TPSA) is 24.1 Å². The minimum atomic E-state index is -0.0452. The molecule has 0 aliphatic rings. The second-order valence-electron chi connectivity index (χ2n) is 5.11. The third-order valence-corrected chi connectivity index (χ3v) is 6.07. The molecule has 0 aromatic heterocycles. The highest BCUT2D eigenvalue weighted by Crippen LogP contribution is 2.10. The van der Waals surface area contributed by atoms with Crippen LogP contribution in [0.3, 0.4) is 0 Å². The van der Waals surface area contributed by atoms with E-state index in [0.29, 0.717) is 0 Å². The first-order valence-corrected chi connectivity index (χ1v) is 11.7. The van der Waals surface area contributed by atoms with Crippen molar-refractivity contribution in [1.82, 2.24) is 0 Å². The maximum atomic E-state index is 3.48. The Morgan fingerprint density at radius 3 is 1.35 bits per heavy atom.